The molecule has 31 heavy (non-hydrogen) atoms. The summed E-state index contributed by atoms with van der Waals surface area (Å²) in [4.78, 5) is 31.9. The van der Waals surface area contributed by atoms with Crippen LogP contribution in [0.4, 0.5) is 10.2 Å². The highest BCUT2D eigenvalue weighted by atomic mass is 19.1. The minimum Gasteiger partial charge on any atom is -0.464 e. The molecule has 0 saturated heterocycles. The molecule has 0 aliphatic heterocycles. The van der Waals surface area contributed by atoms with Crippen LogP contribution in [0.15, 0.2) is 54.6 Å². The van der Waals surface area contributed by atoms with Gasteiger partial charge in [-0.15, -0.1) is 0 Å². The van der Waals surface area contributed by atoms with Gasteiger partial charge in [-0.1, -0.05) is 0 Å². The first-order valence-electron chi connectivity index (χ1n) is 9.24. The van der Waals surface area contributed by atoms with Crippen LogP contribution in [0.1, 0.15) is 10.5 Å². The number of methoxy groups -OCH3 is 2. The van der Waals surface area contributed by atoms with Crippen LogP contribution in [0.5, 0.6) is 11.5 Å². The SMILES string of the molecule is COC[C@@H](C=O)Nc1cc(C(=O)OC)nc(-c2ccc(Oc3ccc(F)cc3)cc2)n1. The fourth-order valence-electron chi connectivity index (χ4n) is 2.65. The van der Waals surface area contributed by atoms with Crippen molar-refractivity contribution in [3.63, 3.8) is 0 Å². The highest BCUT2D eigenvalue weighted by Crippen LogP contribution is 2.25. The molecule has 9 heteroatoms. The molecular formula is C22H20FN3O5. The number of ether oxygens (including phenoxy) is 3. The molecule has 1 heterocycles. The van der Waals surface area contributed by atoms with E-state index in [-0.39, 0.29) is 29.8 Å². The van der Waals surface area contributed by atoms with Crippen LogP contribution in [0.2, 0.25) is 0 Å². The molecule has 0 amide bonds. The third-order valence-corrected chi connectivity index (χ3v) is 4.13. The van der Waals surface area contributed by atoms with Crippen LogP contribution in [0.25, 0.3) is 11.4 Å². The normalized spacial score (nSPS) is 11.5. The van der Waals surface area contributed by atoms with Gasteiger partial charge in [-0.3, -0.25) is 0 Å². The summed E-state index contributed by atoms with van der Waals surface area (Å²) >= 11 is 0. The summed E-state index contributed by atoms with van der Waals surface area (Å²) in [5.41, 5.74) is 0.637. The van der Waals surface area contributed by atoms with Gasteiger partial charge in [0.25, 0.3) is 0 Å². The predicted molar refractivity (Wildman–Crippen MR) is 111 cm³/mol. The van der Waals surface area contributed by atoms with Crippen molar-refractivity contribution in [2.24, 2.45) is 0 Å². The van der Waals surface area contributed by atoms with Crippen molar-refractivity contribution in [3.05, 3.63) is 66.1 Å². The van der Waals surface area contributed by atoms with Crippen LogP contribution in [0, 0.1) is 5.82 Å². The number of aromatic nitrogens is 2. The first-order valence-corrected chi connectivity index (χ1v) is 9.24. The van der Waals surface area contributed by atoms with Crippen LogP contribution in [0.3, 0.4) is 0 Å². The summed E-state index contributed by atoms with van der Waals surface area (Å²) < 4.78 is 28.4. The molecule has 3 rings (SSSR count). The number of esters is 1. The van der Waals surface area contributed by atoms with E-state index in [0.717, 1.165) is 0 Å². The molecule has 0 aliphatic rings. The number of aldehydes is 1. The quantitative estimate of drug-likeness (QED) is 0.411. The van der Waals surface area contributed by atoms with E-state index in [9.17, 15) is 14.0 Å². The summed E-state index contributed by atoms with van der Waals surface area (Å²) in [5.74, 6) is 0.544. The van der Waals surface area contributed by atoms with Crippen molar-refractivity contribution in [2.45, 2.75) is 6.04 Å². The maximum Gasteiger partial charge on any atom is 0.356 e. The van der Waals surface area contributed by atoms with Gasteiger partial charge in [-0.05, 0) is 48.5 Å². The molecule has 0 bridgehead atoms. The Labute approximate surface area is 178 Å². The zero-order valence-electron chi connectivity index (χ0n) is 16.9. The van der Waals surface area contributed by atoms with Crippen molar-refractivity contribution >= 4 is 18.1 Å². The number of hydrogen-bond donors (Lipinski definition) is 1. The van der Waals surface area contributed by atoms with Gasteiger partial charge < -0.3 is 24.3 Å². The molecule has 0 saturated carbocycles. The number of halogens is 1. The number of carbonyl (C=O) groups excluding carboxylic acids is 2. The first-order chi connectivity index (χ1) is 15.0. The highest BCUT2D eigenvalue weighted by molar-refractivity contribution is 5.88. The summed E-state index contributed by atoms with van der Waals surface area (Å²) in [6.45, 7) is 0.131. The molecule has 0 fully saturated rings. The van der Waals surface area contributed by atoms with Crippen LogP contribution < -0.4 is 10.1 Å². The largest absolute Gasteiger partial charge is 0.464 e. The molecule has 8 nitrogen and oxygen atoms in total. The number of nitrogens with one attached hydrogen (secondary N) is 1. The van der Waals surface area contributed by atoms with Gasteiger partial charge in [-0.2, -0.15) is 0 Å². The molecular weight excluding hydrogens is 405 g/mol. The number of hydrogen-bond acceptors (Lipinski definition) is 8. The van der Waals surface area contributed by atoms with Crippen molar-refractivity contribution in [3.8, 4) is 22.9 Å². The van der Waals surface area contributed by atoms with Crippen molar-refractivity contribution < 1.29 is 28.2 Å². The maximum absolute atomic E-state index is 13.0. The molecule has 0 unspecified atom stereocenters. The van der Waals surface area contributed by atoms with E-state index in [0.29, 0.717) is 23.3 Å². The number of anilines is 1. The number of rotatable bonds is 9. The van der Waals surface area contributed by atoms with Gasteiger partial charge in [0.15, 0.2) is 11.5 Å². The van der Waals surface area contributed by atoms with E-state index in [1.54, 1.807) is 24.3 Å². The third kappa shape index (κ3) is 5.83. The second kappa shape index (κ2) is 10.3. The molecule has 0 aliphatic carbocycles. The smallest absolute Gasteiger partial charge is 0.356 e. The zero-order chi connectivity index (χ0) is 22.2. The summed E-state index contributed by atoms with van der Waals surface area (Å²) in [6, 6.07) is 13.2. The Morgan fingerprint density at radius 1 is 1.06 bits per heavy atom. The Hall–Kier alpha value is -3.85. The van der Waals surface area contributed by atoms with Gasteiger partial charge in [0, 0.05) is 18.7 Å². The van der Waals surface area contributed by atoms with Crippen molar-refractivity contribution in [2.75, 3.05) is 26.1 Å². The Morgan fingerprint density at radius 2 is 1.71 bits per heavy atom. The molecule has 3 aromatic rings. The number of benzene rings is 2. The maximum atomic E-state index is 13.0. The van der Waals surface area contributed by atoms with Gasteiger partial charge in [-0.25, -0.2) is 19.2 Å². The average Bonchev–Trinajstić information content (AvgIpc) is 2.80. The average molecular weight is 425 g/mol. The van der Waals surface area contributed by atoms with E-state index >= 15 is 0 Å². The number of carbonyl (C=O) groups is 2. The molecule has 1 atom stereocenters. The predicted octanol–water partition coefficient (Wildman–Crippen LogP) is 3.49. The lowest BCUT2D eigenvalue weighted by molar-refractivity contribution is -0.109. The monoisotopic (exact) mass is 425 g/mol. The Bertz CT molecular complexity index is 1040. The van der Waals surface area contributed by atoms with Gasteiger partial charge >= 0.3 is 5.97 Å². The lowest BCUT2D eigenvalue weighted by Crippen LogP contribution is -2.27. The topological polar surface area (TPSA) is 99.6 Å². The molecule has 160 valence electrons. The molecule has 1 N–H and O–H groups in total. The minimum absolute atomic E-state index is 0.0312. The van der Waals surface area contributed by atoms with Crippen LogP contribution in [-0.2, 0) is 14.3 Å². The van der Waals surface area contributed by atoms with Gasteiger partial charge in [0.2, 0.25) is 0 Å². The second-order valence-electron chi connectivity index (χ2n) is 6.38. The molecule has 0 spiro atoms. The van der Waals surface area contributed by atoms with E-state index in [2.05, 4.69) is 15.3 Å². The second-order valence-corrected chi connectivity index (χ2v) is 6.38. The van der Waals surface area contributed by atoms with E-state index < -0.39 is 12.0 Å². The molecule has 2 aromatic carbocycles. The van der Waals surface area contributed by atoms with Gasteiger partial charge in [0.05, 0.1) is 13.7 Å². The van der Waals surface area contributed by atoms with E-state index in [4.69, 9.17) is 14.2 Å². The van der Waals surface area contributed by atoms with Crippen LogP contribution >= 0.6 is 0 Å². The highest BCUT2D eigenvalue weighted by Gasteiger charge is 2.16. The number of nitrogens with zero attached hydrogens (tertiary/aromatic N) is 2. The Kier molecular flexibility index (Phi) is 7.23. The van der Waals surface area contributed by atoms with Crippen LogP contribution in [-0.4, -0.2) is 49.1 Å². The van der Waals surface area contributed by atoms with E-state index in [1.165, 1.54) is 44.6 Å². The fraction of sp³-hybridized carbons (Fsp3) is 0.182. The molecule has 0 radical (unpaired) electrons. The summed E-state index contributed by atoms with van der Waals surface area (Å²) in [5, 5.41) is 2.90. The van der Waals surface area contributed by atoms with Crippen molar-refractivity contribution in [1.82, 2.24) is 9.97 Å². The van der Waals surface area contributed by atoms with Crippen molar-refractivity contribution in [1.29, 1.82) is 0 Å². The first kappa shape index (κ1) is 21.8. The Balaban J connectivity index is 1.87. The fourth-order valence-corrected chi connectivity index (χ4v) is 2.65. The minimum atomic E-state index is -0.648. The summed E-state index contributed by atoms with van der Waals surface area (Å²) in [7, 11) is 2.72. The van der Waals surface area contributed by atoms with Gasteiger partial charge in [0.1, 0.15) is 35.5 Å². The lowest BCUT2D eigenvalue weighted by atomic mass is 10.2. The zero-order valence-corrected chi connectivity index (χ0v) is 16.9. The molecule has 1 aromatic heterocycles. The Morgan fingerprint density at radius 3 is 2.29 bits per heavy atom. The van der Waals surface area contributed by atoms with E-state index in [1.807, 2.05) is 0 Å². The standard InChI is InChI=1S/C22H20FN3O5/c1-29-13-16(12-27)24-20-11-19(22(28)30-2)25-21(26-20)14-3-7-17(8-4-14)31-18-9-5-15(23)6-10-18/h3-12,16H,13H2,1-2H3,(H,24,25,26)/t16-/m1/s1. The summed E-state index contributed by atoms with van der Waals surface area (Å²) in [6.07, 6.45) is 0.685. The third-order valence-electron chi connectivity index (χ3n) is 4.13. The lowest BCUT2D eigenvalue weighted by Gasteiger charge is -2.14.